The minimum atomic E-state index is -0.965. The summed E-state index contributed by atoms with van der Waals surface area (Å²) in [4.78, 5) is 12.1. The third-order valence-corrected chi connectivity index (χ3v) is 7.90. The first kappa shape index (κ1) is 23.6. The highest BCUT2D eigenvalue weighted by Crippen LogP contribution is 2.55. The maximum absolute atomic E-state index is 12.1. The Morgan fingerprint density at radius 3 is 2.54 bits per heavy atom. The van der Waals surface area contributed by atoms with Crippen molar-refractivity contribution in [1.82, 2.24) is 24.8 Å². The van der Waals surface area contributed by atoms with Crippen LogP contribution >= 0.6 is 0 Å². The number of ether oxygens (including phenoxy) is 1. The number of hydrogen-bond acceptors (Lipinski definition) is 5. The van der Waals surface area contributed by atoms with Gasteiger partial charge in [0.25, 0.3) is 0 Å². The van der Waals surface area contributed by atoms with E-state index in [4.69, 9.17) is 4.74 Å². The quantitative estimate of drug-likeness (QED) is 0.345. The Morgan fingerprint density at radius 1 is 1.08 bits per heavy atom. The van der Waals surface area contributed by atoms with E-state index < -0.39 is 5.97 Å². The first-order valence-electron chi connectivity index (χ1n) is 12.9. The Labute approximate surface area is 215 Å². The van der Waals surface area contributed by atoms with E-state index in [1.54, 1.807) is 9.36 Å². The van der Waals surface area contributed by atoms with E-state index >= 15 is 0 Å². The molecule has 4 aromatic rings. The molecule has 8 nitrogen and oxygen atoms in total. The lowest BCUT2D eigenvalue weighted by atomic mass is 9.92. The summed E-state index contributed by atoms with van der Waals surface area (Å²) in [5.41, 5.74) is 6.05. The van der Waals surface area contributed by atoms with Gasteiger partial charge < -0.3 is 9.84 Å². The van der Waals surface area contributed by atoms with Crippen LogP contribution in [0.4, 0.5) is 0 Å². The van der Waals surface area contributed by atoms with Gasteiger partial charge in [-0.15, -0.1) is 5.10 Å². The number of aromatic nitrogens is 5. The second-order valence-electron chi connectivity index (χ2n) is 10.3. The molecule has 2 aliphatic carbocycles. The number of carboxylic acid groups (broad SMARTS) is 1. The van der Waals surface area contributed by atoms with Gasteiger partial charge in [0.05, 0.1) is 29.4 Å². The summed E-state index contributed by atoms with van der Waals surface area (Å²) in [5, 5.41) is 22.7. The van der Waals surface area contributed by atoms with Gasteiger partial charge >= 0.3 is 5.97 Å². The van der Waals surface area contributed by atoms with Gasteiger partial charge in [-0.1, -0.05) is 48.4 Å². The summed E-state index contributed by atoms with van der Waals surface area (Å²) in [6.45, 7) is 0. The molecule has 2 aromatic carbocycles. The molecule has 0 bridgehead atoms. The van der Waals surface area contributed by atoms with E-state index in [0.29, 0.717) is 5.92 Å². The van der Waals surface area contributed by atoms with Crippen LogP contribution in [0.2, 0.25) is 0 Å². The van der Waals surface area contributed by atoms with Crippen molar-refractivity contribution in [2.45, 2.75) is 50.0 Å². The van der Waals surface area contributed by atoms with Crippen molar-refractivity contribution < 1.29 is 14.6 Å². The number of methoxy groups -OCH3 is 1. The molecule has 0 radical (unpaired) electrons. The standard InChI is InChI=1S/C29H31N5O3/c1-33-17-26(31-32-33)23-15-24(23)27-25(29(35)36)16-30-34(27)22-12-6-10-20(14-22)19-9-5-11-21(13-19)28(37-2)18-7-3-4-8-18/h5-6,9-14,16-18,23-24,28H,3-4,7-8,15H2,1-2H3,(H,35,36). The molecule has 2 aliphatic rings. The van der Waals surface area contributed by atoms with E-state index in [9.17, 15) is 9.90 Å². The Kier molecular flexibility index (Phi) is 6.12. The van der Waals surface area contributed by atoms with Crippen LogP contribution in [0, 0.1) is 5.92 Å². The molecule has 3 unspecified atom stereocenters. The van der Waals surface area contributed by atoms with Gasteiger partial charge in [0.15, 0.2) is 0 Å². The van der Waals surface area contributed by atoms with Crippen LogP contribution in [0.3, 0.4) is 0 Å². The minimum Gasteiger partial charge on any atom is -0.478 e. The molecule has 1 N–H and O–H groups in total. The number of carbonyl (C=O) groups is 1. The van der Waals surface area contributed by atoms with Crippen molar-refractivity contribution in [1.29, 1.82) is 0 Å². The molecular weight excluding hydrogens is 466 g/mol. The molecule has 190 valence electrons. The second-order valence-corrected chi connectivity index (χ2v) is 10.3. The fraction of sp³-hybridized carbons (Fsp3) is 0.379. The summed E-state index contributed by atoms with van der Waals surface area (Å²) >= 11 is 0. The maximum Gasteiger partial charge on any atom is 0.339 e. The van der Waals surface area contributed by atoms with Crippen LogP contribution in [0.5, 0.6) is 0 Å². The molecule has 2 fully saturated rings. The molecule has 2 heterocycles. The fourth-order valence-corrected chi connectivity index (χ4v) is 6.02. The van der Waals surface area contributed by atoms with Gasteiger partial charge in [0.2, 0.25) is 0 Å². The highest BCUT2D eigenvalue weighted by atomic mass is 16.5. The number of benzene rings is 2. The van der Waals surface area contributed by atoms with Crippen LogP contribution in [-0.4, -0.2) is 43.0 Å². The largest absolute Gasteiger partial charge is 0.478 e. The van der Waals surface area contributed by atoms with Crippen molar-refractivity contribution in [3.8, 4) is 16.8 Å². The van der Waals surface area contributed by atoms with Crippen molar-refractivity contribution in [2.24, 2.45) is 13.0 Å². The van der Waals surface area contributed by atoms with Crippen molar-refractivity contribution in [3.05, 3.63) is 83.4 Å². The molecule has 0 aliphatic heterocycles. The number of nitrogens with zero attached hydrogens (tertiary/aromatic N) is 5. The van der Waals surface area contributed by atoms with Gasteiger partial charge in [-0.25, -0.2) is 9.48 Å². The molecule has 0 spiro atoms. The molecule has 0 saturated heterocycles. The van der Waals surface area contributed by atoms with E-state index in [1.807, 2.05) is 32.5 Å². The molecular formula is C29H31N5O3. The predicted molar refractivity (Wildman–Crippen MR) is 139 cm³/mol. The molecule has 8 heteroatoms. The number of aryl methyl sites for hydroxylation is 1. The zero-order valence-corrected chi connectivity index (χ0v) is 21.1. The second kappa shape index (κ2) is 9.59. The fourth-order valence-electron chi connectivity index (χ4n) is 6.02. The number of carboxylic acids is 1. The zero-order valence-electron chi connectivity index (χ0n) is 21.1. The van der Waals surface area contributed by atoms with Gasteiger partial charge in [0.1, 0.15) is 5.56 Å². The smallest absolute Gasteiger partial charge is 0.339 e. The molecule has 6 rings (SSSR count). The number of hydrogen-bond donors (Lipinski definition) is 1. The van der Waals surface area contributed by atoms with Crippen molar-refractivity contribution in [2.75, 3.05) is 7.11 Å². The van der Waals surface area contributed by atoms with Crippen LogP contribution in [-0.2, 0) is 11.8 Å². The van der Waals surface area contributed by atoms with Crippen LogP contribution in [0.25, 0.3) is 16.8 Å². The van der Waals surface area contributed by atoms with E-state index in [-0.39, 0.29) is 23.5 Å². The van der Waals surface area contributed by atoms with E-state index in [1.165, 1.54) is 37.4 Å². The average Bonchev–Trinajstić information content (AvgIpc) is 3.29. The summed E-state index contributed by atoms with van der Waals surface area (Å²) in [7, 11) is 3.64. The van der Waals surface area contributed by atoms with Gasteiger partial charge in [-0.05, 0) is 60.1 Å². The van der Waals surface area contributed by atoms with Crippen molar-refractivity contribution in [3.63, 3.8) is 0 Å². The maximum atomic E-state index is 12.1. The lowest BCUT2D eigenvalue weighted by Gasteiger charge is -2.23. The molecule has 0 amide bonds. The zero-order chi connectivity index (χ0) is 25.5. The van der Waals surface area contributed by atoms with Crippen molar-refractivity contribution >= 4 is 5.97 Å². The van der Waals surface area contributed by atoms with E-state index in [2.05, 4.69) is 51.8 Å². The summed E-state index contributed by atoms with van der Waals surface area (Å²) in [6.07, 6.45) is 9.26. The summed E-state index contributed by atoms with van der Waals surface area (Å²) in [5.74, 6) is -0.226. The van der Waals surface area contributed by atoms with Gasteiger partial charge in [0, 0.05) is 32.2 Å². The first-order chi connectivity index (χ1) is 18.0. The van der Waals surface area contributed by atoms with Crippen LogP contribution < -0.4 is 0 Å². The summed E-state index contributed by atoms with van der Waals surface area (Å²) < 4.78 is 9.41. The third-order valence-electron chi connectivity index (χ3n) is 7.90. The minimum absolute atomic E-state index is 0.0335. The van der Waals surface area contributed by atoms with Crippen LogP contribution in [0.1, 0.15) is 77.4 Å². The first-order valence-corrected chi connectivity index (χ1v) is 12.9. The Morgan fingerprint density at radius 2 is 1.84 bits per heavy atom. The van der Waals surface area contributed by atoms with E-state index in [0.717, 1.165) is 34.6 Å². The SMILES string of the molecule is COC(c1cccc(-c2cccc(-n3ncc(C(=O)O)c3C3CC3c3cn(C)nn3)c2)c1)C1CCCC1. The average molecular weight is 498 g/mol. The monoisotopic (exact) mass is 497 g/mol. The number of rotatable bonds is 8. The lowest BCUT2D eigenvalue weighted by molar-refractivity contribution is 0.0536. The molecule has 2 aromatic heterocycles. The Balaban J connectivity index is 1.34. The predicted octanol–water partition coefficient (Wildman–Crippen LogP) is 5.51. The van der Waals surface area contributed by atoms with Gasteiger partial charge in [-0.3, -0.25) is 4.68 Å². The molecule has 3 atom stereocenters. The van der Waals surface area contributed by atoms with Crippen LogP contribution in [0.15, 0.2) is 60.9 Å². The summed E-state index contributed by atoms with van der Waals surface area (Å²) in [6, 6.07) is 16.7. The topological polar surface area (TPSA) is 95.1 Å². The Hall–Kier alpha value is -3.78. The molecule has 37 heavy (non-hydrogen) atoms. The lowest BCUT2D eigenvalue weighted by Crippen LogP contribution is -2.11. The molecule has 2 saturated carbocycles. The normalized spacial score (nSPS) is 20.3. The highest BCUT2D eigenvalue weighted by molar-refractivity contribution is 5.89. The number of aromatic carboxylic acids is 1. The highest BCUT2D eigenvalue weighted by Gasteiger charge is 2.46. The Bertz CT molecular complexity index is 1430. The van der Waals surface area contributed by atoms with Gasteiger partial charge in [-0.2, -0.15) is 5.10 Å². The third kappa shape index (κ3) is 4.46.